The summed E-state index contributed by atoms with van der Waals surface area (Å²) < 4.78 is 25.5. The molecule has 4 heteroatoms. The maximum absolute atomic E-state index is 10.5. The summed E-state index contributed by atoms with van der Waals surface area (Å²) in [6.45, 7) is 2.27. The molecule has 0 atom stereocenters. The van der Waals surface area contributed by atoms with Crippen LogP contribution >= 0.6 is 0 Å². The van der Waals surface area contributed by atoms with Crippen molar-refractivity contribution in [1.29, 1.82) is 0 Å². The quantitative estimate of drug-likeness (QED) is 0.365. The molecular weight excluding hydrogens is 176 g/mol. The fourth-order valence-electron chi connectivity index (χ4n) is 0.741. The van der Waals surface area contributed by atoms with E-state index >= 15 is 0 Å². The summed E-state index contributed by atoms with van der Waals surface area (Å²) >= 11 is 0. The Morgan fingerprint density at radius 1 is 1.33 bits per heavy atom. The van der Waals surface area contributed by atoms with E-state index in [2.05, 4.69) is 10.3 Å². The van der Waals surface area contributed by atoms with E-state index in [1.165, 1.54) is 0 Å². The minimum absolute atomic E-state index is 0.302. The molecule has 72 valence electrons. The van der Waals surface area contributed by atoms with Gasteiger partial charge in [0.15, 0.2) is 0 Å². The van der Waals surface area contributed by atoms with E-state index in [9.17, 15) is 8.42 Å². The first-order valence-corrected chi connectivity index (χ1v) is 5.83. The molecule has 0 saturated carbocycles. The SMILES string of the molecule is C/C=C/CCCCOS(C)(=O)=O. The molecule has 0 radical (unpaired) electrons. The minimum Gasteiger partial charge on any atom is -0.270 e. The van der Waals surface area contributed by atoms with E-state index in [4.69, 9.17) is 0 Å². The summed E-state index contributed by atoms with van der Waals surface area (Å²) in [5.41, 5.74) is 0. The van der Waals surface area contributed by atoms with Crippen molar-refractivity contribution in [2.24, 2.45) is 0 Å². The van der Waals surface area contributed by atoms with Crippen LogP contribution in [0.3, 0.4) is 0 Å². The van der Waals surface area contributed by atoms with Crippen LogP contribution in [0, 0.1) is 0 Å². The van der Waals surface area contributed by atoms with Gasteiger partial charge in [0.2, 0.25) is 0 Å². The highest BCUT2D eigenvalue weighted by molar-refractivity contribution is 7.85. The highest BCUT2D eigenvalue weighted by Gasteiger charge is 1.99. The van der Waals surface area contributed by atoms with E-state index < -0.39 is 10.1 Å². The monoisotopic (exact) mass is 192 g/mol. The van der Waals surface area contributed by atoms with Crippen LogP contribution in [-0.2, 0) is 14.3 Å². The van der Waals surface area contributed by atoms with E-state index in [1.807, 2.05) is 13.0 Å². The van der Waals surface area contributed by atoms with Crippen LogP contribution in [0.4, 0.5) is 0 Å². The second kappa shape index (κ2) is 6.20. The Morgan fingerprint density at radius 3 is 2.50 bits per heavy atom. The zero-order valence-corrected chi connectivity index (χ0v) is 8.43. The molecule has 12 heavy (non-hydrogen) atoms. The number of allylic oxidation sites excluding steroid dienone is 2. The third-order valence-electron chi connectivity index (χ3n) is 1.30. The third-order valence-corrected chi connectivity index (χ3v) is 1.89. The number of hydrogen-bond acceptors (Lipinski definition) is 3. The Morgan fingerprint density at radius 2 is 2.00 bits per heavy atom. The van der Waals surface area contributed by atoms with Gasteiger partial charge >= 0.3 is 0 Å². The van der Waals surface area contributed by atoms with Crippen LogP contribution in [-0.4, -0.2) is 21.3 Å². The van der Waals surface area contributed by atoms with Crippen molar-refractivity contribution in [3.05, 3.63) is 12.2 Å². The Balaban J connectivity index is 3.23. The molecule has 0 bridgehead atoms. The lowest BCUT2D eigenvalue weighted by atomic mass is 10.2. The predicted octanol–water partition coefficient (Wildman–Crippen LogP) is 1.71. The van der Waals surface area contributed by atoms with Gasteiger partial charge in [-0.1, -0.05) is 12.2 Å². The molecule has 0 N–H and O–H groups in total. The molecule has 0 unspecified atom stereocenters. The van der Waals surface area contributed by atoms with Gasteiger partial charge in [-0.3, -0.25) is 4.18 Å². The lowest BCUT2D eigenvalue weighted by molar-refractivity contribution is 0.312. The van der Waals surface area contributed by atoms with Gasteiger partial charge in [-0.15, -0.1) is 0 Å². The Bertz CT molecular complexity index is 216. The normalized spacial score (nSPS) is 12.5. The van der Waals surface area contributed by atoms with Crippen LogP contribution in [0.15, 0.2) is 12.2 Å². The molecule has 0 spiro atoms. The van der Waals surface area contributed by atoms with Crippen molar-refractivity contribution in [3.8, 4) is 0 Å². The van der Waals surface area contributed by atoms with Crippen molar-refractivity contribution in [3.63, 3.8) is 0 Å². The summed E-state index contributed by atoms with van der Waals surface area (Å²) in [6, 6.07) is 0. The van der Waals surface area contributed by atoms with Gasteiger partial charge in [0.25, 0.3) is 10.1 Å². The first kappa shape index (κ1) is 11.6. The van der Waals surface area contributed by atoms with Gasteiger partial charge in [0.1, 0.15) is 0 Å². The smallest absolute Gasteiger partial charge is 0.264 e. The first-order valence-electron chi connectivity index (χ1n) is 4.02. The molecule has 0 aliphatic carbocycles. The summed E-state index contributed by atoms with van der Waals surface area (Å²) in [6.07, 6.45) is 7.86. The predicted molar refractivity (Wildman–Crippen MR) is 49.5 cm³/mol. The standard InChI is InChI=1S/C8H16O3S/c1-3-4-5-6-7-8-11-12(2,9)10/h3-4H,5-8H2,1-2H3/b4-3+. The van der Waals surface area contributed by atoms with Crippen LogP contribution in [0.1, 0.15) is 26.2 Å². The lowest BCUT2D eigenvalue weighted by Crippen LogP contribution is -2.03. The van der Waals surface area contributed by atoms with Gasteiger partial charge in [-0.25, -0.2) is 0 Å². The maximum atomic E-state index is 10.5. The number of rotatable bonds is 6. The highest BCUT2D eigenvalue weighted by atomic mass is 32.2. The van der Waals surface area contributed by atoms with E-state index in [-0.39, 0.29) is 0 Å². The van der Waals surface area contributed by atoms with Gasteiger partial charge in [0, 0.05) is 0 Å². The molecule has 0 rings (SSSR count). The summed E-state index contributed by atoms with van der Waals surface area (Å²) in [5, 5.41) is 0. The molecule has 0 amide bonds. The fourth-order valence-corrected chi connectivity index (χ4v) is 1.16. The molecule has 0 aliphatic rings. The lowest BCUT2D eigenvalue weighted by Gasteiger charge is -1.98. The Kier molecular flexibility index (Phi) is 6.02. The molecule has 0 aromatic carbocycles. The first-order chi connectivity index (χ1) is 5.56. The average Bonchev–Trinajstić information content (AvgIpc) is 1.94. The van der Waals surface area contributed by atoms with Gasteiger partial charge in [-0.05, 0) is 26.2 Å². The van der Waals surface area contributed by atoms with E-state index in [1.54, 1.807) is 0 Å². The third kappa shape index (κ3) is 9.65. The molecule has 0 heterocycles. The highest BCUT2D eigenvalue weighted by Crippen LogP contribution is 1.98. The molecule has 0 aromatic heterocycles. The molecule has 3 nitrogen and oxygen atoms in total. The van der Waals surface area contributed by atoms with Crippen molar-refractivity contribution in [2.45, 2.75) is 26.2 Å². The van der Waals surface area contributed by atoms with Crippen LogP contribution in [0.25, 0.3) is 0 Å². The van der Waals surface area contributed by atoms with Crippen LogP contribution in [0.5, 0.6) is 0 Å². The van der Waals surface area contributed by atoms with Gasteiger partial charge in [-0.2, -0.15) is 8.42 Å². The molecule has 0 aromatic rings. The van der Waals surface area contributed by atoms with Crippen LogP contribution < -0.4 is 0 Å². The van der Waals surface area contributed by atoms with Gasteiger partial charge in [0.05, 0.1) is 12.9 Å². The summed E-state index contributed by atoms with van der Waals surface area (Å²) in [5.74, 6) is 0. The van der Waals surface area contributed by atoms with Crippen molar-refractivity contribution >= 4 is 10.1 Å². The number of hydrogen-bond donors (Lipinski definition) is 0. The zero-order valence-electron chi connectivity index (χ0n) is 7.62. The fraction of sp³-hybridized carbons (Fsp3) is 0.750. The Hall–Kier alpha value is -0.350. The van der Waals surface area contributed by atoms with Gasteiger partial charge < -0.3 is 0 Å². The zero-order chi connectivity index (χ0) is 9.45. The summed E-state index contributed by atoms with van der Waals surface area (Å²) in [4.78, 5) is 0. The van der Waals surface area contributed by atoms with E-state index in [0.29, 0.717) is 6.61 Å². The molecule has 0 saturated heterocycles. The van der Waals surface area contributed by atoms with E-state index in [0.717, 1.165) is 25.5 Å². The second-order valence-electron chi connectivity index (χ2n) is 2.59. The number of unbranched alkanes of at least 4 members (excludes halogenated alkanes) is 2. The van der Waals surface area contributed by atoms with Crippen LogP contribution in [0.2, 0.25) is 0 Å². The molecule has 0 fully saturated rings. The van der Waals surface area contributed by atoms with Crippen molar-refractivity contribution in [2.75, 3.05) is 12.9 Å². The van der Waals surface area contributed by atoms with Crippen molar-refractivity contribution < 1.29 is 12.6 Å². The maximum Gasteiger partial charge on any atom is 0.264 e. The molecule has 0 aliphatic heterocycles. The topological polar surface area (TPSA) is 43.4 Å². The minimum atomic E-state index is -3.23. The largest absolute Gasteiger partial charge is 0.270 e. The molecular formula is C8H16O3S. The summed E-state index contributed by atoms with van der Waals surface area (Å²) in [7, 11) is -3.23. The second-order valence-corrected chi connectivity index (χ2v) is 4.23. The Labute approximate surface area is 74.6 Å². The van der Waals surface area contributed by atoms with Crippen molar-refractivity contribution in [1.82, 2.24) is 0 Å². The average molecular weight is 192 g/mol.